The number of aromatic nitrogens is 1. The molecule has 0 atom stereocenters. The molecule has 0 saturated heterocycles. The minimum atomic E-state index is 0.273. The van der Waals surface area contributed by atoms with Crippen LogP contribution in [0.25, 0.3) is 10.9 Å². The van der Waals surface area contributed by atoms with E-state index in [4.69, 9.17) is 22.7 Å². The molecule has 0 bridgehead atoms. The van der Waals surface area contributed by atoms with Crippen LogP contribution in [-0.4, -0.2) is 9.97 Å². The van der Waals surface area contributed by atoms with Crippen LogP contribution in [0.1, 0.15) is 11.1 Å². The molecule has 0 aliphatic rings. The van der Waals surface area contributed by atoms with Crippen molar-refractivity contribution in [2.75, 3.05) is 0 Å². The van der Waals surface area contributed by atoms with E-state index in [1.54, 1.807) is 6.20 Å². The van der Waals surface area contributed by atoms with Crippen LogP contribution >= 0.6 is 12.2 Å². The number of benzene rings is 2. The molecule has 0 aliphatic carbocycles. The minimum Gasteiger partial charge on any atom is -0.456 e. The fourth-order valence-electron chi connectivity index (χ4n) is 2.13. The lowest BCUT2D eigenvalue weighted by Crippen LogP contribution is -2.11. The Kier molecular flexibility index (Phi) is 3.54. The maximum absolute atomic E-state index is 6.03. The first kappa shape index (κ1) is 13.5. The summed E-state index contributed by atoms with van der Waals surface area (Å²) in [6, 6.07) is 15.6. The van der Waals surface area contributed by atoms with E-state index in [1.807, 2.05) is 55.5 Å². The van der Waals surface area contributed by atoms with Crippen LogP contribution in [0.15, 0.2) is 54.7 Å². The van der Waals surface area contributed by atoms with Crippen LogP contribution in [0.5, 0.6) is 11.5 Å². The largest absolute Gasteiger partial charge is 0.456 e. The van der Waals surface area contributed by atoms with Crippen LogP contribution in [-0.2, 0) is 0 Å². The molecule has 0 fully saturated rings. The third kappa shape index (κ3) is 2.71. The summed E-state index contributed by atoms with van der Waals surface area (Å²) in [6.07, 6.45) is 1.66. The van der Waals surface area contributed by atoms with Gasteiger partial charge >= 0.3 is 0 Å². The fourth-order valence-corrected chi connectivity index (χ4v) is 2.27. The summed E-state index contributed by atoms with van der Waals surface area (Å²) in [5, 5.41) is 0.892. The number of hydrogen-bond donors (Lipinski definition) is 1. The number of ether oxygens (including phenoxy) is 1. The first-order valence-corrected chi connectivity index (χ1v) is 6.98. The van der Waals surface area contributed by atoms with Gasteiger partial charge < -0.3 is 10.5 Å². The number of nitrogens with zero attached hydrogens (tertiary/aromatic N) is 1. The molecule has 0 aliphatic heterocycles. The van der Waals surface area contributed by atoms with Gasteiger partial charge in [0.05, 0.1) is 11.1 Å². The van der Waals surface area contributed by atoms with Gasteiger partial charge in [-0.05, 0) is 31.2 Å². The van der Waals surface area contributed by atoms with E-state index in [-0.39, 0.29) is 4.99 Å². The highest BCUT2D eigenvalue weighted by atomic mass is 32.1. The zero-order valence-electron chi connectivity index (χ0n) is 11.5. The summed E-state index contributed by atoms with van der Waals surface area (Å²) >= 11 is 5.11. The van der Waals surface area contributed by atoms with Crippen molar-refractivity contribution in [2.24, 2.45) is 5.73 Å². The second kappa shape index (κ2) is 5.50. The summed E-state index contributed by atoms with van der Waals surface area (Å²) in [7, 11) is 0. The lowest BCUT2D eigenvalue weighted by Gasteiger charge is -2.13. The molecule has 0 saturated carbocycles. The Morgan fingerprint density at radius 3 is 2.52 bits per heavy atom. The van der Waals surface area contributed by atoms with Gasteiger partial charge in [-0.1, -0.05) is 42.0 Å². The zero-order valence-corrected chi connectivity index (χ0v) is 12.4. The van der Waals surface area contributed by atoms with Crippen molar-refractivity contribution >= 4 is 28.1 Å². The summed E-state index contributed by atoms with van der Waals surface area (Å²) < 4.78 is 6.03. The lowest BCUT2D eigenvalue weighted by molar-refractivity contribution is 0.487. The van der Waals surface area contributed by atoms with Gasteiger partial charge in [-0.2, -0.15) is 0 Å². The van der Waals surface area contributed by atoms with Gasteiger partial charge in [0.15, 0.2) is 0 Å². The van der Waals surface area contributed by atoms with E-state index in [0.29, 0.717) is 11.3 Å². The van der Waals surface area contributed by atoms with Gasteiger partial charge in [-0.3, -0.25) is 4.98 Å². The molecule has 1 aromatic heterocycles. The Morgan fingerprint density at radius 1 is 1.10 bits per heavy atom. The Morgan fingerprint density at radius 2 is 1.81 bits per heavy atom. The van der Waals surface area contributed by atoms with Crippen molar-refractivity contribution in [2.45, 2.75) is 6.92 Å². The second-order valence-corrected chi connectivity index (χ2v) is 5.24. The molecule has 1 heterocycles. The molecule has 21 heavy (non-hydrogen) atoms. The number of para-hydroxylation sites is 1. The van der Waals surface area contributed by atoms with Crippen molar-refractivity contribution in [1.82, 2.24) is 4.98 Å². The Bertz CT molecular complexity index is 813. The van der Waals surface area contributed by atoms with Gasteiger partial charge in [-0.15, -0.1) is 0 Å². The molecule has 3 rings (SSSR count). The number of fused-ring (bicyclic) bond motifs is 1. The third-order valence-electron chi connectivity index (χ3n) is 3.23. The van der Waals surface area contributed by atoms with Crippen molar-refractivity contribution < 1.29 is 4.74 Å². The number of nitrogens with two attached hydrogens (primary N) is 1. The number of aryl methyl sites for hydroxylation is 1. The molecular weight excluding hydrogens is 280 g/mol. The maximum Gasteiger partial charge on any atom is 0.148 e. The van der Waals surface area contributed by atoms with Crippen molar-refractivity contribution in [3.8, 4) is 11.5 Å². The predicted molar refractivity (Wildman–Crippen MR) is 88.9 cm³/mol. The topological polar surface area (TPSA) is 48.1 Å². The molecule has 0 spiro atoms. The average molecular weight is 294 g/mol. The van der Waals surface area contributed by atoms with E-state index in [9.17, 15) is 0 Å². The fraction of sp³-hybridized carbons (Fsp3) is 0.0588. The average Bonchev–Trinajstić information content (AvgIpc) is 2.49. The van der Waals surface area contributed by atoms with Gasteiger partial charge in [0.1, 0.15) is 16.5 Å². The number of thiocarbonyl (C=S) groups is 1. The molecular formula is C17H14N2OS. The first-order chi connectivity index (χ1) is 10.1. The van der Waals surface area contributed by atoms with Crippen molar-refractivity contribution in [3.63, 3.8) is 0 Å². The summed E-state index contributed by atoms with van der Waals surface area (Å²) in [6.45, 7) is 2.03. The van der Waals surface area contributed by atoms with Gasteiger partial charge in [-0.25, -0.2) is 0 Å². The molecule has 0 unspecified atom stereocenters. The number of hydrogen-bond acceptors (Lipinski definition) is 3. The maximum atomic E-state index is 6.03. The van der Waals surface area contributed by atoms with Gasteiger partial charge in [0.2, 0.25) is 0 Å². The molecule has 2 aromatic carbocycles. The van der Waals surface area contributed by atoms with E-state index in [0.717, 1.165) is 16.7 Å². The molecule has 3 nitrogen and oxygen atoms in total. The first-order valence-electron chi connectivity index (χ1n) is 6.57. The molecule has 3 aromatic rings. The normalized spacial score (nSPS) is 10.5. The van der Waals surface area contributed by atoms with E-state index >= 15 is 0 Å². The quantitative estimate of drug-likeness (QED) is 0.743. The van der Waals surface area contributed by atoms with Crippen LogP contribution in [0.2, 0.25) is 0 Å². The Labute approximate surface area is 128 Å². The van der Waals surface area contributed by atoms with Gasteiger partial charge in [0, 0.05) is 11.6 Å². The van der Waals surface area contributed by atoms with Crippen LogP contribution in [0.4, 0.5) is 0 Å². The molecule has 0 radical (unpaired) electrons. The highest BCUT2D eigenvalue weighted by molar-refractivity contribution is 7.80. The van der Waals surface area contributed by atoms with Gasteiger partial charge in [0.25, 0.3) is 0 Å². The van der Waals surface area contributed by atoms with E-state index < -0.39 is 0 Å². The predicted octanol–water partition coefficient (Wildman–Crippen LogP) is 3.97. The summed E-state index contributed by atoms with van der Waals surface area (Å²) in [4.78, 5) is 4.64. The van der Waals surface area contributed by atoms with E-state index in [1.165, 1.54) is 5.56 Å². The number of rotatable bonds is 3. The monoisotopic (exact) mass is 294 g/mol. The smallest absolute Gasteiger partial charge is 0.148 e. The molecule has 2 N–H and O–H groups in total. The Hall–Kier alpha value is -2.46. The van der Waals surface area contributed by atoms with Crippen molar-refractivity contribution in [3.05, 3.63) is 65.9 Å². The highest BCUT2D eigenvalue weighted by Gasteiger charge is 2.13. The van der Waals surface area contributed by atoms with Crippen LogP contribution < -0.4 is 10.5 Å². The minimum absolute atomic E-state index is 0.273. The second-order valence-electron chi connectivity index (χ2n) is 4.80. The summed E-state index contributed by atoms with van der Waals surface area (Å²) in [5.41, 5.74) is 8.46. The molecule has 104 valence electrons. The van der Waals surface area contributed by atoms with E-state index in [2.05, 4.69) is 4.98 Å². The molecule has 4 heteroatoms. The SMILES string of the molecule is Cc1ccc(Oc2c(C(N)=S)cnc3ccccc23)cc1. The van der Waals surface area contributed by atoms with Crippen LogP contribution in [0.3, 0.4) is 0 Å². The highest BCUT2D eigenvalue weighted by Crippen LogP contribution is 2.32. The zero-order chi connectivity index (χ0) is 14.8. The van der Waals surface area contributed by atoms with Crippen LogP contribution in [0, 0.1) is 6.92 Å². The molecule has 0 amide bonds. The summed E-state index contributed by atoms with van der Waals surface area (Å²) in [5.74, 6) is 1.39. The van der Waals surface area contributed by atoms with Crippen molar-refractivity contribution in [1.29, 1.82) is 0 Å². The third-order valence-corrected chi connectivity index (χ3v) is 3.45. The lowest BCUT2D eigenvalue weighted by atomic mass is 10.1. The Balaban J connectivity index is 2.16. The number of pyridine rings is 1. The standard InChI is InChI=1S/C17H14N2OS/c1-11-6-8-12(9-7-11)20-16-13-4-2-3-5-15(13)19-10-14(16)17(18)21/h2-10H,1H3,(H2,18,21).